The van der Waals surface area contributed by atoms with Crippen molar-refractivity contribution in [3.05, 3.63) is 35.6 Å². The van der Waals surface area contributed by atoms with Crippen LogP contribution < -0.4 is 5.32 Å². The molecule has 1 atom stereocenters. The molecule has 0 radical (unpaired) electrons. The van der Waals surface area contributed by atoms with Gasteiger partial charge in [-0.05, 0) is 37.5 Å². The zero-order valence-corrected chi connectivity index (χ0v) is 10.5. The third-order valence-electron chi connectivity index (χ3n) is 3.51. The van der Waals surface area contributed by atoms with Crippen LogP contribution in [-0.4, -0.2) is 37.1 Å². The van der Waals surface area contributed by atoms with E-state index in [0.29, 0.717) is 6.04 Å². The highest BCUT2D eigenvalue weighted by molar-refractivity contribution is 5.16. The van der Waals surface area contributed by atoms with Gasteiger partial charge >= 0.3 is 0 Å². The van der Waals surface area contributed by atoms with Crippen LogP contribution in [0, 0.1) is 5.82 Å². The van der Waals surface area contributed by atoms with Gasteiger partial charge in [0.25, 0.3) is 0 Å². The van der Waals surface area contributed by atoms with Crippen LogP contribution >= 0.6 is 0 Å². The number of hydrogen-bond donors (Lipinski definition) is 1. The first kappa shape index (κ1) is 12.5. The predicted octanol–water partition coefficient (Wildman–Crippen LogP) is 2.05. The molecule has 1 aromatic rings. The number of aryl methyl sites for hydroxylation is 1. The summed E-state index contributed by atoms with van der Waals surface area (Å²) in [6.45, 7) is 6.70. The Balaban J connectivity index is 1.80. The topological polar surface area (TPSA) is 15.3 Å². The molecule has 1 unspecified atom stereocenters. The van der Waals surface area contributed by atoms with Crippen LogP contribution in [0.4, 0.5) is 4.39 Å². The lowest BCUT2D eigenvalue weighted by Crippen LogP contribution is -2.47. The SMILES string of the molecule is CC(CCc1cccc(F)c1)N1CCNCC1. The third-order valence-corrected chi connectivity index (χ3v) is 3.51. The first-order valence-electron chi connectivity index (χ1n) is 6.45. The van der Waals surface area contributed by atoms with E-state index in [1.807, 2.05) is 6.07 Å². The monoisotopic (exact) mass is 236 g/mol. The van der Waals surface area contributed by atoms with Crippen LogP contribution in [0.2, 0.25) is 0 Å². The van der Waals surface area contributed by atoms with Crippen molar-refractivity contribution in [1.29, 1.82) is 0 Å². The summed E-state index contributed by atoms with van der Waals surface area (Å²) in [5.74, 6) is -0.127. The summed E-state index contributed by atoms with van der Waals surface area (Å²) in [5, 5.41) is 3.36. The van der Waals surface area contributed by atoms with Crippen molar-refractivity contribution in [3.63, 3.8) is 0 Å². The van der Waals surface area contributed by atoms with Crippen LogP contribution in [0.5, 0.6) is 0 Å². The van der Waals surface area contributed by atoms with E-state index in [4.69, 9.17) is 0 Å². The molecule has 0 aromatic heterocycles. The van der Waals surface area contributed by atoms with Gasteiger partial charge in [-0.1, -0.05) is 12.1 Å². The third kappa shape index (κ3) is 3.79. The van der Waals surface area contributed by atoms with Crippen molar-refractivity contribution < 1.29 is 4.39 Å². The molecular weight excluding hydrogens is 215 g/mol. The van der Waals surface area contributed by atoms with E-state index in [1.54, 1.807) is 12.1 Å². The van der Waals surface area contributed by atoms with Crippen molar-refractivity contribution in [2.24, 2.45) is 0 Å². The van der Waals surface area contributed by atoms with Crippen molar-refractivity contribution >= 4 is 0 Å². The molecular formula is C14H21FN2. The molecule has 2 rings (SSSR count). The molecule has 17 heavy (non-hydrogen) atoms. The lowest BCUT2D eigenvalue weighted by molar-refractivity contribution is 0.177. The van der Waals surface area contributed by atoms with Gasteiger partial charge in [0.05, 0.1) is 0 Å². The zero-order valence-electron chi connectivity index (χ0n) is 10.5. The van der Waals surface area contributed by atoms with Crippen LogP contribution in [0.3, 0.4) is 0 Å². The minimum atomic E-state index is -0.127. The van der Waals surface area contributed by atoms with Gasteiger partial charge in [-0.3, -0.25) is 4.90 Å². The molecule has 1 fully saturated rings. The second-order valence-electron chi connectivity index (χ2n) is 4.80. The Morgan fingerprint density at radius 1 is 1.35 bits per heavy atom. The van der Waals surface area contributed by atoms with E-state index < -0.39 is 0 Å². The molecule has 0 spiro atoms. The predicted molar refractivity (Wildman–Crippen MR) is 68.6 cm³/mol. The molecule has 0 amide bonds. The lowest BCUT2D eigenvalue weighted by Gasteiger charge is -2.32. The Labute approximate surface area is 103 Å². The summed E-state index contributed by atoms with van der Waals surface area (Å²) in [7, 11) is 0. The summed E-state index contributed by atoms with van der Waals surface area (Å²) in [5.41, 5.74) is 1.10. The Hall–Kier alpha value is -0.930. The molecule has 1 heterocycles. The minimum absolute atomic E-state index is 0.127. The summed E-state index contributed by atoms with van der Waals surface area (Å²) >= 11 is 0. The van der Waals surface area contributed by atoms with Gasteiger partial charge in [0, 0.05) is 32.2 Å². The summed E-state index contributed by atoms with van der Waals surface area (Å²) in [6, 6.07) is 7.53. The van der Waals surface area contributed by atoms with Crippen LogP contribution in [0.15, 0.2) is 24.3 Å². The maximum absolute atomic E-state index is 13.0. The second kappa shape index (κ2) is 6.12. The average Bonchev–Trinajstić information content (AvgIpc) is 2.37. The Bertz CT molecular complexity index is 348. The van der Waals surface area contributed by atoms with E-state index in [0.717, 1.165) is 44.6 Å². The normalized spacial score (nSPS) is 19.2. The Morgan fingerprint density at radius 2 is 2.12 bits per heavy atom. The Kier molecular flexibility index (Phi) is 4.51. The van der Waals surface area contributed by atoms with Crippen LogP contribution in [0.1, 0.15) is 18.9 Å². The molecule has 1 aliphatic rings. The van der Waals surface area contributed by atoms with Crippen LogP contribution in [0.25, 0.3) is 0 Å². The van der Waals surface area contributed by atoms with E-state index in [1.165, 1.54) is 6.07 Å². The van der Waals surface area contributed by atoms with E-state index in [9.17, 15) is 4.39 Å². The van der Waals surface area contributed by atoms with E-state index >= 15 is 0 Å². The highest BCUT2D eigenvalue weighted by atomic mass is 19.1. The number of piperazine rings is 1. The molecule has 2 nitrogen and oxygen atoms in total. The fraction of sp³-hybridized carbons (Fsp3) is 0.571. The molecule has 1 saturated heterocycles. The fourth-order valence-corrected chi connectivity index (χ4v) is 2.37. The zero-order chi connectivity index (χ0) is 12.1. The molecule has 1 N–H and O–H groups in total. The lowest BCUT2D eigenvalue weighted by atomic mass is 10.0. The van der Waals surface area contributed by atoms with Crippen LogP contribution in [-0.2, 0) is 6.42 Å². The Morgan fingerprint density at radius 3 is 2.82 bits per heavy atom. The molecule has 0 saturated carbocycles. The summed E-state index contributed by atoms with van der Waals surface area (Å²) in [6.07, 6.45) is 2.06. The maximum Gasteiger partial charge on any atom is 0.123 e. The number of hydrogen-bond acceptors (Lipinski definition) is 2. The number of nitrogens with one attached hydrogen (secondary N) is 1. The number of benzene rings is 1. The molecule has 1 aromatic carbocycles. The average molecular weight is 236 g/mol. The highest BCUT2D eigenvalue weighted by Gasteiger charge is 2.15. The van der Waals surface area contributed by atoms with Crippen molar-refractivity contribution in [2.75, 3.05) is 26.2 Å². The molecule has 3 heteroatoms. The molecule has 94 valence electrons. The van der Waals surface area contributed by atoms with Crippen molar-refractivity contribution in [1.82, 2.24) is 10.2 Å². The first-order valence-corrected chi connectivity index (χ1v) is 6.45. The largest absolute Gasteiger partial charge is 0.314 e. The summed E-state index contributed by atoms with van der Waals surface area (Å²) < 4.78 is 13.0. The number of halogens is 1. The summed E-state index contributed by atoms with van der Waals surface area (Å²) in [4.78, 5) is 2.51. The number of rotatable bonds is 4. The van der Waals surface area contributed by atoms with Crippen molar-refractivity contribution in [3.8, 4) is 0 Å². The standard InChI is InChI=1S/C14H21FN2/c1-12(17-9-7-16-8-10-17)5-6-13-3-2-4-14(15)11-13/h2-4,11-12,16H,5-10H2,1H3. The quantitative estimate of drug-likeness (QED) is 0.860. The van der Waals surface area contributed by atoms with Gasteiger partial charge in [-0.25, -0.2) is 4.39 Å². The van der Waals surface area contributed by atoms with Crippen molar-refractivity contribution in [2.45, 2.75) is 25.8 Å². The highest BCUT2D eigenvalue weighted by Crippen LogP contribution is 2.11. The van der Waals surface area contributed by atoms with Gasteiger partial charge in [-0.15, -0.1) is 0 Å². The second-order valence-corrected chi connectivity index (χ2v) is 4.80. The molecule has 1 aliphatic heterocycles. The fourth-order valence-electron chi connectivity index (χ4n) is 2.37. The smallest absolute Gasteiger partial charge is 0.123 e. The minimum Gasteiger partial charge on any atom is -0.314 e. The number of nitrogens with zero attached hydrogens (tertiary/aromatic N) is 1. The van der Waals surface area contributed by atoms with Gasteiger partial charge < -0.3 is 5.32 Å². The van der Waals surface area contributed by atoms with Gasteiger partial charge in [0.2, 0.25) is 0 Å². The van der Waals surface area contributed by atoms with E-state index in [2.05, 4.69) is 17.1 Å². The van der Waals surface area contributed by atoms with Gasteiger partial charge in [0.15, 0.2) is 0 Å². The molecule has 0 aliphatic carbocycles. The van der Waals surface area contributed by atoms with Gasteiger partial charge in [0.1, 0.15) is 5.82 Å². The van der Waals surface area contributed by atoms with E-state index in [-0.39, 0.29) is 5.82 Å². The maximum atomic E-state index is 13.0. The molecule has 0 bridgehead atoms. The first-order chi connectivity index (χ1) is 8.25. The van der Waals surface area contributed by atoms with Gasteiger partial charge in [-0.2, -0.15) is 0 Å².